The maximum Gasteiger partial charge on any atom is 0.306 e. The Hall–Kier alpha value is -1.40. The summed E-state index contributed by atoms with van der Waals surface area (Å²) in [4.78, 5) is 25.9. The molecular formula is C47H91NO5. The molecule has 1 amide bonds. The largest absolute Gasteiger partial charge is 0.462 e. The minimum Gasteiger partial charge on any atom is -0.462 e. The molecule has 0 aromatic rings. The zero-order valence-corrected chi connectivity index (χ0v) is 35.7. The van der Waals surface area contributed by atoms with Gasteiger partial charge in [0.15, 0.2) is 0 Å². The zero-order chi connectivity index (χ0) is 38.9. The summed E-state index contributed by atoms with van der Waals surface area (Å²) in [5.74, 6) is -0.473. The molecule has 3 unspecified atom stereocenters. The first-order chi connectivity index (χ1) is 26.0. The van der Waals surface area contributed by atoms with Gasteiger partial charge in [0, 0.05) is 6.42 Å². The van der Waals surface area contributed by atoms with Gasteiger partial charge in [0.1, 0.15) is 6.10 Å². The predicted octanol–water partition coefficient (Wildman–Crippen LogP) is 13.4. The second-order valence-corrected chi connectivity index (χ2v) is 16.2. The first kappa shape index (κ1) is 51.6. The molecule has 0 aromatic carbocycles. The average molecular weight is 750 g/mol. The maximum atomic E-state index is 13.1. The number of esters is 1. The molecule has 53 heavy (non-hydrogen) atoms. The van der Waals surface area contributed by atoms with Gasteiger partial charge in [0.2, 0.25) is 5.91 Å². The van der Waals surface area contributed by atoms with Crippen molar-refractivity contribution in [3.8, 4) is 0 Å². The van der Waals surface area contributed by atoms with Gasteiger partial charge in [-0.1, -0.05) is 200 Å². The number of carbonyl (C=O) groups excluding carboxylic acids is 2. The van der Waals surface area contributed by atoms with Gasteiger partial charge < -0.3 is 20.3 Å². The fourth-order valence-electron chi connectivity index (χ4n) is 7.25. The minimum absolute atomic E-state index is 0.0779. The van der Waals surface area contributed by atoms with Crippen molar-refractivity contribution in [2.75, 3.05) is 6.61 Å². The van der Waals surface area contributed by atoms with Gasteiger partial charge in [-0.3, -0.25) is 9.59 Å². The Balaban J connectivity index is 4.58. The van der Waals surface area contributed by atoms with Crippen LogP contribution in [0.2, 0.25) is 0 Å². The van der Waals surface area contributed by atoms with Gasteiger partial charge in [0.05, 0.1) is 25.2 Å². The van der Waals surface area contributed by atoms with Crippen molar-refractivity contribution in [3.63, 3.8) is 0 Å². The monoisotopic (exact) mass is 750 g/mol. The first-order valence-corrected chi connectivity index (χ1v) is 23.4. The van der Waals surface area contributed by atoms with Crippen LogP contribution in [0.25, 0.3) is 0 Å². The van der Waals surface area contributed by atoms with Crippen molar-refractivity contribution in [1.29, 1.82) is 0 Å². The molecule has 0 heterocycles. The molecule has 0 aliphatic carbocycles. The summed E-state index contributed by atoms with van der Waals surface area (Å²) < 4.78 is 5.90. The highest BCUT2D eigenvalue weighted by atomic mass is 16.5. The lowest BCUT2D eigenvalue weighted by Crippen LogP contribution is -2.46. The van der Waals surface area contributed by atoms with E-state index in [-0.39, 0.29) is 24.9 Å². The van der Waals surface area contributed by atoms with E-state index in [1.165, 1.54) is 148 Å². The standard InChI is InChI=1S/C47H91NO5/c1-4-7-10-13-16-19-22-23-25-26-29-32-35-38-43(53-47(52)40-37-34-31-28-21-18-15-12-9-6-3)41-46(51)48-44(42-49)45(50)39-36-33-30-27-24-20-17-14-11-8-5-2/h19,22,43-45,49-50H,4-18,20-21,23-42H2,1-3H3,(H,48,51)/b22-19-. The molecule has 314 valence electrons. The molecule has 0 aliphatic heterocycles. The van der Waals surface area contributed by atoms with Crippen LogP contribution in [0, 0.1) is 0 Å². The fraction of sp³-hybridized carbons (Fsp3) is 0.915. The summed E-state index contributed by atoms with van der Waals surface area (Å²) in [6.45, 7) is 6.45. The van der Waals surface area contributed by atoms with E-state index in [1.807, 2.05) is 0 Å². The topological polar surface area (TPSA) is 95.9 Å². The van der Waals surface area contributed by atoms with Crippen LogP contribution < -0.4 is 5.32 Å². The number of aliphatic hydroxyl groups is 2. The molecule has 0 radical (unpaired) electrons. The second kappa shape index (κ2) is 41.8. The lowest BCUT2D eigenvalue weighted by Gasteiger charge is -2.24. The summed E-state index contributed by atoms with van der Waals surface area (Å²) in [6.07, 6.45) is 44.1. The Kier molecular flexibility index (Phi) is 40.7. The molecule has 6 heteroatoms. The molecule has 6 nitrogen and oxygen atoms in total. The fourth-order valence-corrected chi connectivity index (χ4v) is 7.25. The maximum absolute atomic E-state index is 13.1. The summed E-state index contributed by atoms with van der Waals surface area (Å²) in [7, 11) is 0. The number of amides is 1. The number of aliphatic hydroxyl groups excluding tert-OH is 2. The quantitative estimate of drug-likeness (QED) is 0.0328. The number of hydrogen-bond acceptors (Lipinski definition) is 5. The van der Waals surface area contributed by atoms with Crippen LogP contribution in [0.4, 0.5) is 0 Å². The van der Waals surface area contributed by atoms with Crippen LogP contribution in [0.3, 0.4) is 0 Å². The van der Waals surface area contributed by atoms with Crippen LogP contribution in [0.1, 0.15) is 252 Å². The van der Waals surface area contributed by atoms with Gasteiger partial charge in [-0.25, -0.2) is 0 Å². The SMILES string of the molecule is CCCCCC/C=C\CCCCCCCC(CC(=O)NC(CO)C(O)CCCCCCCCCCCCC)OC(=O)CCCCCCCCCCCC. The van der Waals surface area contributed by atoms with Gasteiger partial charge >= 0.3 is 5.97 Å². The van der Waals surface area contributed by atoms with E-state index in [9.17, 15) is 19.8 Å². The molecule has 0 saturated heterocycles. The number of carbonyl (C=O) groups is 2. The molecule has 0 aromatic heterocycles. The van der Waals surface area contributed by atoms with Crippen molar-refractivity contribution in [2.45, 2.75) is 270 Å². The molecule has 0 saturated carbocycles. The van der Waals surface area contributed by atoms with E-state index < -0.39 is 18.2 Å². The van der Waals surface area contributed by atoms with E-state index in [0.717, 1.165) is 57.8 Å². The van der Waals surface area contributed by atoms with Crippen LogP contribution in [-0.4, -0.2) is 46.9 Å². The van der Waals surface area contributed by atoms with Crippen molar-refractivity contribution < 1.29 is 24.5 Å². The average Bonchev–Trinajstić information content (AvgIpc) is 3.15. The Morgan fingerprint density at radius 1 is 0.528 bits per heavy atom. The highest BCUT2D eigenvalue weighted by Crippen LogP contribution is 2.18. The number of rotatable bonds is 42. The molecule has 0 rings (SSSR count). The van der Waals surface area contributed by atoms with E-state index in [1.54, 1.807) is 0 Å². The third-order valence-corrected chi connectivity index (χ3v) is 10.8. The molecule has 3 N–H and O–H groups in total. The number of ether oxygens (including phenoxy) is 1. The molecule has 0 bridgehead atoms. The van der Waals surface area contributed by atoms with Crippen molar-refractivity contribution in [1.82, 2.24) is 5.32 Å². The smallest absolute Gasteiger partial charge is 0.306 e. The third kappa shape index (κ3) is 37.3. The molecule has 0 fully saturated rings. The molecular weight excluding hydrogens is 659 g/mol. The van der Waals surface area contributed by atoms with Crippen LogP contribution in [0.15, 0.2) is 12.2 Å². The Labute approximate surface area is 329 Å². The molecule has 0 aliphatic rings. The van der Waals surface area contributed by atoms with Crippen molar-refractivity contribution >= 4 is 11.9 Å². The third-order valence-electron chi connectivity index (χ3n) is 10.8. The number of unbranched alkanes of at least 4 members (excludes halogenated alkanes) is 28. The van der Waals surface area contributed by atoms with Gasteiger partial charge in [-0.15, -0.1) is 0 Å². The number of hydrogen-bond donors (Lipinski definition) is 3. The number of allylic oxidation sites excluding steroid dienone is 2. The minimum atomic E-state index is -0.782. The van der Waals surface area contributed by atoms with E-state index in [4.69, 9.17) is 4.74 Å². The van der Waals surface area contributed by atoms with Gasteiger partial charge in [-0.2, -0.15) is 0 Å². The highest BCUT2D eigenvalue weighted by molar-refractivity contribution is 5.77. The lowest BCUT2D eigenvalue weighted by atomic mass is 10.0. The van der Waals surface area contributed by atoms with Gasteiger partial charge in [-0.05, 0) is 51.4 Å². The lowest BCUT2D eigenvalue weighted by molar-refractivity contribution is -0.151. The van der Waals surface area contributed by atoms with E-state index in [0.29, 0.717) is 19.3 Å². The van der Waals surface area contributed by atoms with Crippen molar-refractivity contribution in [3.05, 3.63) is 12.2 Å². The Morgan fingerprint density at radius 3 is 1.36 bits per heavy atom. The van der Waals surface area contributed by atoms with Crippen LogP contribution in [-0.2, 0) is 14.3 Å². The Morgan fingerprint density at radius 2 is 0.906 bits per heavy atom. The number of nitrogens with one attached hydrogen (secondary N) is 1. The first-order valence-electron chi connectivity index (χ1n) is 23.4. The van der Waals surface area contributed by atoms with Crippen LogP contribution in [0.5, 0.6) is 0 Å². The summed E-state index contributed by atoms with van der Waals surface area (Å²) in [5.41, 5.74) is 0. The van der Waals surface area contributed by atoms with Crippen LogP contribution >= 0.6 is 0 Å². The highest BCUT2D eigenvalue weighted by Gasteiger charge is 2.24. The molecule has 3 atom stereocenters. The summed E-state index contributed by atoms with van der Waals surface area (Å²) in [5, 5.41) is 23.6. The Bertz CT molecular complexity index is 802. The zero-order valence-electron chi connectivity index (χ0n) is 35.7. The molecule has 0 spiro atoms. The summed E-state index contributed by atoms with van der Waals surface area (Å²) in [6, 6.07) is -0.695. The van der Waals surface area contributed by atoms with E-state index in [2.05, 4.69) is 38.2 Å². The summed E-state index contributed by atoms with van der Waals surface area (Å²) >= 11 is 0. The van der Waals surface area contributed by atoms with Crippen molar-refractivity contribution in [2.24, 2.45) is 0 Å². The normalized spacial score (nSPS) is 13.4. The predicted molar refractivity (Wildman–Crippen MR) is 227 cm³/mol. The second-order valence-electron chi connectivity index (χ2n) is 16.2. The van der Waals surface area contributed by atoms with Gasteiger partial charge in [0.25, 0.3) is 0 Å². The van der Waals surface area contributed by atoms with E-state index >= 15 is 0 Å².